The van der Waals surface area contributed by atoms with E-state index in [1.54, 1.807) is 6.92 Å². The highest BCUT2D eigenvalue weighted by Crippen LogP contribution is 2.22. The van der Waals surface area contributed by atoms with Crippen molar-refractivity contribution in [2.24, 2.45) is 0 Å². The molecule has 3 rings (SSSR count). The lowest BCUT2D eigenvalue weighted by Gasteiger charge is -2.22. The van der Waals surface area contributed by atoms with Crippen molar-refractivity contribution in [3.05, 3.63) is 71.1 Å². The van der Waals surface area contributed by atoms with E-state index in [9.17, 15) is 9.59 Å². The molecular formula is C24H23N3O4. The topological polar surface area (TPSA) is 96.4 Å². The van der Waals surface area contributed by atoms with Gasteiger partial charge in [0.05, 0.1) is 12.5 Å². The van der Waals surface area contributed by atoms with Gasteiger partial charge in [-0.1, -0.05) is 24.3 Å². The van der Waals surface area contributed by atoms with Crippen LogP contribution in [-0.4, -0.2) is 30.0 Å². The molecule has 0 fully saturated rings. The molecule has 1 aromatic heterocycles. The van der Waals surface area contributed by atoms with Gasteiger partial charge >= 0.3 is 5.97 Å². The smallest absolute Gasteiger partial charge is 0.361 e. The van der Waals surface area contributed by atoms with Gasteiger partial charge < -0.3 is 14.1 Å². The number of anilines is 1. The third-order valence-corrected chi connectivity index (χ3v) is 4.60. The Hall–Kier alpha value is -3.92. The minimum absolute atomic E-state index is 0.0293. The normalized spacial score (nSPS) is 10.4. The van der Waals surface area contributed by atoms with Crippen LogP contribution in [0.5, 0.6) is 0 Å². The number of rotatable bonds is 7. The highest BCUT2D eigenvalue weighted by atomic mass is 16.5. The van der Waals surface area contributed by atoms with E-state index in [0.717, 1.165) is 16.7 Å². The number of aryl methyl sites for hydroxylation is 3. The average molecular weight is 417 g/mol. The highest BCUT2D eigenvalue weighted by Gasteiger charge is 2.23. The molecule has 7 nitrogen and oxygen atoms in total. The summed E-state index contributed by atoms with van der Waals surface area (Å²) in [5.41, 5.74) is 3.42. The van der Waals surface area contributed by atoms with Gasteiger partial charge in [0.25, 0.3) is 5.91 Å². The van der Waals surface area contributed by atoms with Crippen molar-refractivity contribution in [3.63, 3.8) is 0 Å². The summed E-state index contributed by atoms with van der Waals surface area (Å²) in [6.45, 7) is 5.22. The number of nitriles is 1. The van der Waals surface area contributed by atoms with E-state index < -0.39 is 18.5 Å². The molecule has 7 heteroatoms. The minimum Gasteiger partial charge on any atom is -0.451 e. The zero-order valence-electron chi connectivity index (χ0n) is 17.7. The van der Waals surface area contributed by atoms with E-state index in [0.29, 0.717) is 17.3 Å². The van der Waals surface area contributed by atoms with Crippen LogP contribution in [0.15, 0.2) is 52.9 Å². The maximum Gasteiger partial charge on any atom is 0.361 e. The van der Waals surface area contributed by atoms with Gasteiger partial charge in [-0.25, -0.2) is 9.78 Å². The van der Waals surface area contributed by atoms with Gasteiger partial charge in [0, 0.05) is 17.8 Å². The zero-order valence-corrected chi connectivity index (χ0v) is 17.7. The number of carbonyl (C=O) groups excluding carboxylic acids is 2. The quantitative estimate of drug-likeness (QED) is 0.530. The Morgan fingerprint density at radius 1 is 1.10 bits per heavy atom. The molecule has 0 aliphatic heterocycles. The molecule has 0 saturated carbocycles. The molecule has 1 heterocycles. The standard InChI is InChI=1S/C24H23N3O4/c1-16-12-17(2)14-20(13-16)27(11-7-10-25)21(28)15-30-24(29)22-18(3)31-23(26-22)19-8-5-4-6-9-19/h4-6,8-9,12-14H,7,11,15H2,1-3H3. The molecule has 2 aromatic carbocycles. The Bertz CT molecular complexity index is 1110. The fraction of sp³-hybridized carbons (Fsp3) is 0.250. The Labute approximate surface area is 180 Å². The van der Waals surface area contributed by atoms with Crippen LogP contribution in [0.2, 0.25) is 0 Å². The van der Waals surface area contributed by atoms with Gasteiger partial charge in [-0.2, -0.15) is 5.26 Å². The molecule has 0 atom stereocenters. The van der Waals surface area contributed by atoms with Crippen molar-refractivity contribution in [1.29, 1.82) is 5.26 Å². The summed E-state index contributed by atoms with van der Waals surface area (Å²) < 4.78 is 10.8. The maximum absolute atomic E-state index is 12.8. The summed E-state index contributed by atoms with van der Waals surface area (Å²) in [5, 5.41) is 8.95. The maximum atomic E-state index is 12.8. The summed E-state index contributed by atoms with van der Waals surface area (Å²) in [7, 11) is 0. The van der Waals surface area contributed by atoms with Crippen molar-refractivity contribution in [1.82, 2.24) is 4.98 Å². The van der Waals surface area contributed by atoms with Gasteiger partial charge in [-0.3, -0.25) is 4.79 Å². The number of carbonyl (C=O) groups is 2. The van der Waals surface area contributed by atoms with Crippen molar-refractivity contribution < 1.29 is 18.7 Å². The van der Waals surface area contributed by atoms with Crippen molar-refractivity contribution in [3.8, 4) is 17.5 Å². The number of hydrogen-bond donors (Lipinski definition) is 0. The third-order valence-electron chi connectivity index (χ3n) is 4.60. The van der Waals surface area contributed by atoms with Crippen molar-refractivity contribution in [2.45, 2.75) is 27.2 Å². The highest BCUT2D eigenvalue weighted by molar-refractivity contribution is 5.97. The van der Waals surface area contributed by atoms with E-state index in [-0.39, 0.29) is 18.7 Å². The predicted octanol–water partition coefficient (Wildman–Crippen LogP) is 4.37. The molecule has 3 aromatic rings. The largest absolute Gasteiger partial charge is 0.451 e. The zero-order chi connectivity index (χ0) is 22.4. The fourth-order valence-electron chi connectivity index (χ4n) is 3.23. The first-order valence-corrected chi connectivity index (χ1v) is 9.84. The molecule has 0 spiro atoms. The second kappa shape index (κ2) is 9.72. The molecule has 0 radical (unpaired) electrons. The molecule has 0 saturated heterocycles. The number of esters is 1. The number of nitrogens with zero attached hydrogens (tertiary/aromatic N) is 3. The van der Waals surface area contributed by atoms with Gasteiger partial charge in [-0.05, 0) is 56.2 Å². The molecule has 158 valence electrons. The number of ether oxygens (including phenoxy) is 1. The number of oxazole rings is 1. The SMILES string of the molecule is Cc1cc(C)cc(N(CCC#N)C(=O)COC(=O)c2nc(-c3ccccc3)oc2C)c1. The molecule has 1 amide bonds. The number of benzene rings is 2. The summed E-state index contributed by atoms with van der Waals surface area (Å²) in [6.07, 6.45) is 0.162. The lowest BCUT2D eigenvalue weighted by atomic mass is 10.1. The van der Waals surface area contributed by atoms with Crippen LogP contribution in [-0.2, 0) is 9.53 Å². The number of amides is 1. The van der Waals surface area contributed by atoms with E-state index in [1.807, 2.05) is 68.4 Å². The van der Waals surface area contributed by atoms with E-state index in [1.165, 1.54) is 4.90 Å². The molecule has 0 N–H and O–H groups in total. The van der Waals surface area contributed by atoms with Gasteiger partial charge in [-0.15, -0.1) is 0 Å². The lowest BCUT2D eigenvalue weighted by Crippen LogP contribution is -2.35. The monoisotopic (exact) mass is 417 g/mol. The van der Waals surface area contributed by atoms with Crippen LogP contribution in [0.25, 0.3) is 11.5 Å². The predicted molar refractivity (Wildman–Crippen MR) is 115 cm³/mol. The van der Waals surface area contributed by atoms with Gasteiger partial charge in [0.2, 0.25) is 5.89 Å². The Morgan fingerprint density at radius 2 is 1.77 bits per heavy atom. The lowest BCUT2D eigenvalue weighted by molar-refractivity contribution is -0.121. The van der Waals surface area contributed by atoms with Crippen LogP contribution in [0.4, 0.5) is 5.69 Å². The van der Waals surface area contributed by atoms with E-state index in [4.69, 9.17) is 14.4 Å². The summed E-state index contributed by atoms with van der Waals surface area (Å²) in [4.78, 5) is 31.0. The molecule has 0 unspecified atom stereocenters. The Balaban J connectivity index is 1.72. The first-order chi connectivity index (χ1) is 14.9. The molecule has 31 heavy (non-hydrogen) atoms. The number of aromatic nitrogens is 1. The van der Waals surface area contributed by atoms with E-state index >= 15 is 0 Å². The van der Waals surface area contributed by atoms with Crippen LogP contribution < -0.4 is 4.90 Å². The van der Waals surface area contributed by atoms with E-state index in [2.05, 4.69) is 4.98 Å². The van der Waals surface area contributed by atoms with Gasteiger partial charge in [0.1, 0.15) is 5.76 Å². The second-order valence-corrected chi connectivity index (χ2v) is 7.17. The summed E-state index contributed by atoms with van der Waals surface area (Å²) in [5.74, 6) is -0.537. The fourth-order valence-corrected chi connectivity index (χ4v) is 3.23. The van der Waals surface area contributed by atoms with Crippen LogP contribution in [0.1, 0.15) is 33.8 Å². The van der Waals surface area contributed by atoms with Crippen LogP contribution in [0, 0.1) is 32.1 Å². The summed E-state index contributed by atoms with van der Waals surface area (Å²) >= 11 is 0. The van der Waals surface area contributed by atoms with Crippen LogP contribution in [0.3, 0.4) is 0 Å². The molecule has 0 aliphatic rings. The number of hydrogen-bond acceptors (Lipinski definition) is 6. The van der Waals surface area contributed by atoms with Gasteiger partial charge in [0.15, 0.2) is 12.3 Å². The first-order valence-electron chi connectivity index (χ1n) is 9.84. The first kappa shape index (κ1) is 21.8. The molecule has 0 aliphatic carbocycles. The average Bonchev–Trinajstić information content (AvgIpc) is 3.14. The van der Waals surface area contributed by atoms with Crippen molar-refractivity contribution >= 4 is 17.6 Å². The summed E-state index contributed by atoms with van der Waals surface area (Å²) in [6, 6.07) is 16.9. The Morgan fingerprint density at radius 3 is 2.42 bits per heavy atom. The molecule has 0 bridgehead atoms. The Kier molecular flexibility index (Phi) is 6.83. The molecular weight excluding hydrogens is 394 g/mol. The second-order valence-electron chi connectivity index (χ2n) is 7.17. The minimum atomic E-state index is -0.738. The van der Waals surface area contributed by atoms with Crippen LogP contribution >= 0.6 is 0 Å². The third kappa shape index (κ3) is 5.37. The van der Waals surface area contributed by atoms with Crippen molar-refractivity contribution in [2.75, 3.05) is 18.1 Å².